The molecule has 0 saturated carbocycles. The van der Waals surface area contributed by atoms with E-state index >= 15 is 0 Å². The van der Waals surface area contributed by atoms with Crippen molar-refractivity contribution in [2.75, 3.05) is 5.32 Å². The van der Waals surface area contributed by atoms with Gasteiger partial charge in [0.15, 0.2) is 5.82 Å². The maximum Gasteiger partial charge on any atom is 0.255 e. The lowest BCUT2D eigenvalue weighted by Crippen LogP contribution is -2.12. The van der Waals surface area contributed by atoms with Gasteiger partial charge in [0.05, 0.1) is 5.69 Å². The highest BCUT2D eigenvalue weighted by Gasteiger charge is 2.11. The average molecular weight is 399 g/mol. The summed E-state index contributed by atoms with van der Waals surface area (Å²) in [7, 11) is 0. The number of tetrazole rings is 1. The molecular weight excluding hydrogens is 378 g/mol. The van der Waals surface area contributed by atoms with Crippen molar-refractivity contribution in [3.63, 3.8) is 0 Å². The highest BCUT2D eigenvalue weighted by Crippen LogP contribution is 2.21. The zero-order chi connectivity index (χ0) is 20.9. The van der Waals surface area contributed by atoms with Crippen LogP contribution in [0.3, 0.4) is 0 Å². The number of ether oxygens (including phenoxy) is 1. The molecule has 0 saturated heterocycles. The van der Waals surface area contributed by atoms with Crippen LogP contribution >= 0.6 is 0 Å². The fourth-order valence-electron chi connectivity index (χ4n) is 3.02. The number of hydrogen-bond donors (Lipinski definition) is 1. The number of rotatable bonds is 6. The summed E-state index contributed by atoms with van der Waals surface area (Å²) in [4.78, 5) is 12.7. The molecule has 1 heterocycles. The molecule has 0 radical (unpaired) electrons. The van der Waals surface area contributed by atoms with Crippen molar-refractivity contribution in [1.82, 2.24) is 20.2 Å². The molecule has 7 heteroatoms. The summed E-state index contributed by atoms with van der Waals surface area (Å²) in [6.07, 6.45) is 0. The van der Waals surface area contributed by atoms with Gasteiger partial charge in [-0.25, -0.2) is 0 Å². The Morgan fingerprint density at radius 3 is 2.47 bits per heavy atom. The Hall–Kier alpha value is -4.00. The molecule has 1 N–H and O–H groups in total. The monoisotopic (exact) mass is 399 g/mol. The average Bonchev–Trinajstić information content (AvgIpc) is 3.20. The van der Waals surface area contributed by atoms with Crippen LogP contribution in [0.4, 0.5) is 5.69 Å². The molecule has 150 valence electrons. The van der Waals surface area contributed by atoms with Gasteiger partial charge in [0.1, 0.15) is 12.4 Å². The third-order valence-corrected chi connectivity index (χ3v) is 4.69. The highest BCUT2D eigenvalue weighted by atomic mass is 16.5. The molecule has 0 unspecified atom stereocenters. The number of nitrogens with zero attached hydrogens (tertiary/aromatic N) is 4. The van der Waals surface area contributed by atoms with Gasteiger partial charge >= 0.3 is 0 Å². The van der Waals surface area contributed by atoms with E-state index in [1.807, 2.05) is 62.4 Å². The SMILES string of the molecule is Cc1ccc(NC(=O)c2ccc(OCc3ccccc3)cc2)cc1-n1nnnc1C. The topological polar surface area (TPSA) is 81.9 Å². The summed E-state index contributed by atoms with van der Waals surface area (Å²) >= 11 is 0. The number of benzene rings is 3. The summed E-state index contributed by atoms with van der Waals surface area (Å²) in [5.74, 6) is 1.18. The summed E-state index contributed by atoms with van der Waals surface area (Å²) in [5.41, 5.74) is 4.12. The molecule has 1 aromatic heterocycles. The third-order valence-electron chi connectivity index (χ3n) is 4.69. The van der Waals surface area contributed by atoms with Crippen molar-refractivity contribution in [3.05, 3.63) is 95.3 Å². The van der Waals surface area contributed by atoms with Gasteiger partial charge in [-0.2, -0.15) is 4.68 Å². The van der Waals surface area contributed by atoms with E-state index in [4.69, 9.17) is 4.74 Å². The minimum atomic E-state index is -0.201. The summed E-state index contributed by atoms with van der Waals surface area (Å²) < 4.78 is 7.42. The number of carbonyl (C=O) groups excluding carboxylic acids is 1. The first-order valence-corrected chi connectivity index (χ1v) is 9.54. The van der Waals surface area contributed by atoms with Gasteiger partial charge in [0, 0.05) is 11.3 Å². The van der Waals surface area contributed by atoms with Crippen molar-refractivity contribution in [2.24, 2.45) is 0 Å². The van der Waals surface area contributed by atoms with Crippen LogP contribution in [0, 0.1) is 13.8 Å². The zero-order valence-corrected chi connectivity index (χ0v) is 16.7. The number of hydrogen-bond acceptors (Lipinski definition) is 5. The van der Waals surface area contributed by atoms with Crippen LogP contribution in [0.5, 0.6) is 5.75 Å². The number of anilines is 1. The molecule has 0 fully saturated rings. The van der Waals surface area contributed by atoms with Gasteiger partial charge in [0.2, 0.25) is 0 Å². The van der Waals surface area contributed by atoms with Crippen LogP contribution in [0.1, 0.15) is 27.3 Å². The fraction of sp³-hybridized carbons (Fsp3) is 0.130. The minimum Gasteiger partial charge on any atom is -0.489 e. The molecule has 0 aliphatic rings. The van der Waals surface area contributed by atoms with Crippen LogP contribution in [0.25, 0.3) is 5.69 Å². The molecule has 4 aromatic rings. The lowest BCUT2D eigenvalue weighted by Gasteiger charge is -2.11. The Labute approximate surface area is 174 Å². The van der Waals surface area contributed by atoms with E-state index in [2.05, 4.69) is 20.8 Å². The van der Waals surface area contributed by atoms with Gasteiger partial charge in [-0.1, -0.05) is 36.4 Å². The smallest absolute Gasteiger partial charge is 0.255 e. The Bertz CT molecular complexity index is 1150. The Morgan fingerprint density at radius 2 is 1.77 bits per heavy atom. The van der Waals surface area contributed by atoms with Crippen molar-refractivity contribution >= 4 is 11.6 Å². The molecule has 4 rings (SSSR count). The molecule has 0 bridgehead atoms. The normalized spacial score (nSPS) is 10.6. The number of nitrogens with one attached hydrogen (secondary N) is 1. The van der Waals surface area contributed by atoms with Crippen molar-refractivity contribution in [3.8, 4) is 11.4 Å². The molecule has 0 aliphatic carbocycles. The van der Waals surface area contributed by atoms with Crippen molar-refractivity contribution in [1.29, 1.82) is 0 Å². The van der Waals surface area contributed by atoms with Gasteiger partial charge in [0.25, 0.3) is 5.91 Å². The summed E-state index contributed by atoms with van der Waals surface area (Å²) in [5, 5.41) is 14.5. The Morgan fingerprint density at radius 1 is 1.00 bits per heavy atom. The second-order valence-corrected chi connectivity index (χ2v) is 6.89. The van der Waals surface area contributed by atoms with Crippen LogP contribution in [-0.2, 0) is 6.61 Å². The first-order chi connectivity index (χ1) is 14.6. The first kappa shape index (κ1) is 19.3. The maximum absolute atomic E-state index is 12.7. The van der Waals surface area contributed by atoms with Crippen LogP contribution in [0.2, 0.25) is 0 Å². The molecule has 3 aromatic carbocycles. The maximum atomic E-state index is 12.7. The van der Waals surface area contributed by atoms with Crippen molar-refractivity contribution in [2.45, 2.75) is 20.5 Å². The van der Waals surface area contributed by atoms with E-state index in [9.17, 15) is 4.79 Å². The standard InChI is InChI=1S/C23H21N5O2/c1-16-8-11-20(14-22(16)28-17(2)25-26-27-28)24-23(29)19-9-12-21(13-10-19)30-15-18-6-4-3-5-7-18/h3-14H,15H2,1-2H3,(H,24,29). The predicted molar refractivity (Wildman–Crippen MR) is 114 cm³/mol. The molecule has 30 heavy (non-hydrogen) atoms. The van der Waals surface area contributed by atoms with E-state index < -0.39 is 0 Å². The quantitative estimate of drug-likeness (QED) is 0.528. The van der Waals surface area contributed by atoms with E-state index in [0.717, 1.165) is 16.8 Å². The van der Waals surface area contributed by atoms with Gasteiger partial charge < -0.3 is 10.1 Å². The molecule has 0 atom stereocenters. The predicted octanol–water partition coefficient (Wildman–Crippen LogP) is 4.11. The highest BCUT2D eigenvalue weighted by molar-refractivity contribution is 6.04. The number of aryl methyl sites for hydroxylation is 2. The molecule has 0 aliphatic heterocycles. The summed E-state index contributed by atoms with van der Waals surface area (Å²) in [6, 6.07) is 22.7. The zero-order valence-electron chi connectivity index (χ0n) is 16.7. The van der Waals surface area contributed by atoms with Gasteiger partial charge in [-0.05, 0) is 71.8 Å². The van der Waals surface area contributed by atoms with E-state index in [-0.39, 0.29) is 5.91 Å². The lowest BCUT2D eigenvalue weighted by atomic mass is 10.1. The summed E-state index contributed by atoms with van der Waals surface area (Å²) in [6.45, 7) is 4.28. The Balaban J connectivity index is 1.43. The lowest BCUT2D eigenvalue weighted by molar-refractivity contribution is 0.102. The van der Waals surface area contributed by atoms with Gasteiger partial charge in [-0.3, -0.25) is 4.79 Å². The van der Waals surface area contributed by atoms with Crippen molar-refractivity contribution < 1.29 is 9.53 Å². The molecule has 7 nitrogen and oxygen atoms in total. The fourth-order valence-corrected chi connectivity index (χ4v) is 3.02. The van der Waals surface area contributed by atoms with Crippen LogP contribution < -0.4 is 10.1 Å². The van der Waals surface area contributed by atoms with Gasteiger partial charge in [-0.15, -0.1) is 5.10 Å². The second-order valence-electron chi connectivity index (χ2n) is 6.89. The molecular formula is C23H21N5O2. The molecule has 0 spiro atoms. The number of carbonyl (C=O) groups is 1. The van der Waals surface area contributed by atoms with E-state index in [0.29, 0.717) is 29.4 Å². The molecule has 1 amide bonds. The first-order valence-electron chi connectivity index (χ1n) is 9.54. The number of amides is 1. The van der Waals surface area contributed by atoms with E-state index in [1.54, 1.807) is 28.9 Å². The Kier molecular flexibility index (Phi) is 5.52. The largest absolute Gasteiger partial charge is 0.489 e. The van der Waals surface area contributed by atoms with E-state index in [1.165, 1.54) is 0 Å². The van der Waals surface area contributed by atoms with Crippen LogP contribution in [0.15, 0.2) is 72.8 Å². The minimum absolute atomic E-state index is 0.201. The third kappa shape index (κ3) is 4.35. The number of aromatic nitrogens is 4. The second kappa shape index (κ2) is 8.57. The van der Waals surface area contributed by atoms with Crippen LogP contribution in [-0.4, -0.2) is 26.1 Å².